The second-order valence-electron chi connectivity index (χ2n) is 7.83. The van der Waals surface area contributed by atoms with Gasteiger partial charge in [-0.2, -0.15) is 13.2 Å². The number of pyridine rings is 1. The van der Waals surface area contributed by atoms with Gasteiger partial charge in [-0.3, -0.25) is 4.79 Å². The van der Waals surface area contributed by atoms with E-state index >= 15 is 0 Å². The first-order chi connectivity index (χ1) is 16.2. The van der Waals surface area contributed by atoms with E-state index in [1.54, 1.807) is 43.5 Å². The summed E-state index contributed by atoms with van der Waals surface area (Å²) in [5.74, 6) is 1.00. The van der Waals surface area contributed by atoms with E-state index in [1.807, 2.05) is 25.1 Å². The van der Waals surface area contributed by atoms with Crippen molar-refractivity contribution in [3.05, 3.63) is 89.5 Å². The fraction of sp³-hybridized carbons (Fsp3) is 0.154. The van der Waals surface area contributed by atoms with E-state index in [-0.39, 0.29) is 12.3 Å². The Morgan fingerprint density at radius 1 is 0.971 bits per heavy atom. The van der Waals surface area contributed by atoms with Crippen LogP contribution in [0.1, 0.15) is 16.7 Å². The van der Waals surface area contributed by atoms with Gasteiger partial charge in [-0.05, 0) is 72.6 Å². The number of carbonyl (C=O) groups excluding carboxylic acids is 1. The van der Waals surface area contributed by atoms with Crippen molar-refractivity contribution in [3.63, 3.8) is 0 Å². The molecule has 0 radical (unpaired) electrons. The lowest BCUT2D eigenvalue weighted by molar-refractivity contribution is -0.137. The Kier molecular flexibility index (Phi) is 6.40. The van der Waals surface area contributed by atoms with Gasteiger partial charge in [0.25, 0.3) is 0 Å². The minimum atomic E-state index is -4.42. The lowest BCUT2D eigenvalue weighted by atomic mass is 10.1. The summed E-state index contributed by atoms with van der Waals surface area (Å²) in [6, 6.07) is 19.4. The van der Waals surface area contributed by atoms with E-state index in [2.05, 4.69) is 15.6 Å². The number of rotatable bonds is 6. The van der Waals surface area contributed by atoms with Crippen LogP contribution in [0.15, 0.2) is 72.8 Å². The van der Waals surface area contributed by atoms with Gasteiger partial charge in [0.2, 0.25) is 5.91 Å². The van der Waals surface area contributed by atoms with Crippen LogP contribution < -0.4 is 15.4 Å². The molecule has 0 fully saturated rings. The number of alkyl halides is 3. The number of nitrogens with one attached hydrogen (secondary N) is 2. The first-order valence-electron chi connectivity index (χ1n) is 10.5. The van der Waals surface area contributed by atoms with Gasteiger partial charge in [0.05, 0.1) is 24.6 Å². The summed E-state index contributed by atoms with van der Waals surface area (Å²) in [6.07, 6.45) is -4.20. The number of aryl methyl sites for hydroxylation is 1. The van der Waals surface area contributed by atoms with Crippen LogP contribution in [-0.4, -0.2) is 18.0 Å². The van der Waals surface area contributed by atoms with Gasteiger partial charge in [-0.1, -0.05) is 18.2 Å². The highest BCUT2D eigenvalue weighted by molar-refractivity contribution is 5.95. The monoisotopic (exact) mass is 465 g/mol. The molecule has 0 bridgehead atoms. The Bertz CT molecular complexity index is 1340. The molecule has 0 saturated heterocycles. The molecule has 1 amide bonds. The quantitative estimate of drug-likeness (QED) is 0.341. The molecular formula is C26H22F3N3O2. The molecule has 0 aliphatic rings. The molecule has 1 aromatic heterocycles. The van der Waals surface area contributed by atoms with E-state index in [9.17, 15) is 18.0 Å². The summed E-state index contributed by atoms with van der Waals surface area (Å²) >= 11 is 0. The van der Waals surface area contributed by atoms with Gasteiger partial charge in [0.1, 0.15) is 11.6 Å². The number of nitrogens with zero attached hydrogens (tertiary/aromatic N) is 1. The minimum absolute atomic E-state index is 0.155. The van der Waals surface area contributed by atoms with Crippen LogP contribution in [0, 0.1) is 6.92 Å². The summed E-state index contributed by atoms with van der Waals surface area (Å²) in [7, 11) is 1.59. The topological polar surface area (TPSA) is 63.2 Å². The van der Waals surface area contributed by atoms with E-state index in [0.717, 1.165) is 34.4 Å². The van der Waals surface area contributed by atoms with Crippen LogP contribution in [0.2, 0.25) is 0 Å². The number of methoxy groups -OCH3 is 1. The van der Waals surface area contributed by atoms with Crippen LogP contribution in [0.4, 0.5) is 30.4 Å². The van der Waals surface area contributed by atoms with E-state index < -0.39 is 11.7 Å². The number of fused-ring (bicyclic) bond motifs is 1. The van der Waals surface area contributed by atoms with E-state index in [1.165, 1.54) is 6.07 Å². The third-order valence-electron chi connectivity index (χ3n) is 5.29. The van der Waals surface area contributed by atoms with Gasteiger partial charge in [0, 0.05) is 16.8 Å². The van der Waals surface area contributed by atoms with Crippen molar-refractivity contribution in [1.29, 1.82) is 0 Å². The number of hydrogen-bond acceptors (Lipinski definition) is 4. The Hall–Kier alpha value is -4.07. The predicted octanol–water partition coefficient (Wildman–Crippen LogP) is 6.50. The molecule has 0 atom stereocenters. The first kappa shape index (κ1) is 23.1. The van der Waals surface area contributed by atoms with Gasteiger partial charge < -0.3 is 15.4 Å². The molecule has 174 valence electrons. The zero-order valence-electron chi connectivity index (χ0n) is 18.5. The van der Waals surface area contributed by atoms with E-state index in [4.69, 9.17) is 4.74 Å². The molecule has 1 heterocycles. The zero-order chi connectivity index (χ0) is 24.3. The van der Waals surface area contributed by atoms with Crippen LogP contribution in [0.25, 0.3) is 10.9 Å². The van der Waals surface area contributed by atoms with Crippen molar-refractivity contribution < 1.29 is 22.7 Å². The average Bonchev–Trinajstić information content (AvgIpc) is 2.79. The van der Waals surface area contributed by atoms with Crippen LogP contribution in [-0.2, 0) is 17.4 Å². The van der Waals surface area contributed by atoms with Gasteiger partial charge in [-0.15, -0.1) is 0 Å². The third-order valence-corrected chi connectivity index (χ3v) is 5.29. The largest absolute Gasteiger partial charge is 0.497 e. The van der Waals surface area contributed by atoms with Crippen molar-refractivity contribution in [1.82, 2.24) is 4.98 Å². The van der Waals surface area contributed by atoms with Crippen molar-refractivity contribution in [2.75, 3.05) is 17.7 Å². The number of halogens is 3. The highest BCUT2D eigenvalue weighted by atomic mass is 19.4. The summed E-state index contributed by atoms with van der Waals surface area (Å²) in [6.45, 7) is 1.88. The molecule has 4 aromatic rings. The fourth-order valence-corrected chi connectivity index (χ4v) is 3.59. The minimum Gasteiger partial charge on any atom is -0.497 e. The Balaban J connectivity index is 1.49. The number of amides is 1. The molecule has 0 aliphatic carbocycles. The van der Waals surface area contributed by atoms with Gasteiger partial charge in [0.15, 0.2) is 0 Å². The summed E-state index contributed by atoms with van der Waals surface area (Å²) in [4.78, 5) is 17.0. The normalized spacial score (nSPS) is 11.3. The third kappa shape index (κ3) is 5.46. The first-order valence-corrected chi connectivity index (χ1v) is 10.5. The smallest absolute Gasteiger partial charge is 0.416 e. The van der Waals surface area contributed by atoms with Crippen molar-refractivity contribution in [2.24, 2.45) is 0 Å². The van der Waals surface area contributed by atoms with Crippen molar-refractivity contribution in [2.45, 2.75) is 19.5 Å². The zero-order valence-corrected chi connectivity index (χ0v) is 18.5. The second kappa shape index (κ2) is 9.43. The standard InChI is InChI=1S/C26H22F3N3O2/c1-16-12-24(30-19-5-3-4-18(14-19)26(27,28)29)32-23-11-8-20(15-22(16)23)31-25(33)13-17-6-9-21(34-2)10-7-17/h3-12,14-15H,13H2,1-2H3,(H,30,32)(H,31,33). The predicted molar refractivity (Wildman–Crippen MR) is 127 cm³/mol. The van der Waals surface area contributed by atoms with Crippen LogP contribution in [0.5, 0.6) is 5.75 Å². The number of anilines is 3. The molecule has 0 aliphatic heterocycles. The maximum Gasteiger partial charge on any atom is 0.416 e. The maximum atomic E-state index is 13.0. The summed E-state index contributed by atoms with van der Waals surface area (Å²) < 4.78 is 44.1. The van der Waals surface area contributed by atoms with E-state index in [0.29, 0.717) is 22.7 Å². The van der Waals surface area contributed by atoms with Gasteiger partial charge >= 0.3 is 6.18 Å². The molecule has 0 spiro atoms. The number of hydrogen-bond donors (Lipinski definition) is 2. The number of ether oxygens (including phenoxy) is 1. The molecule has 34 heavy (non-hydrogen) atoms. The molecule has 0 unspecified atom stereocenters. The fourth-order valence-electron chi connectivity index (χ4n) is 3.59. The lowest BCUT2D eigenvalue weighted by Gasteiger charge is -2.13. The Morgan fingerprint density at radius 2 is 1.74 bits per heavy atom. The molecule has 0 saturated carbocycles. The van der Waals surface area contributed by atoms with Gasteiger partial charge in [-0.25, -0.2) is 4.98 Å². The summed E-state index contributed by atoms with van der Waals surface area (Å²) in [5, 5.41) is 6.67. The lowest BCUT2D eigenvalue weighted by Crippen LogP contribution is -2.14. The highest BCUT2D eigenvalue weighted by Gasteiger charge is 2.30. The number of benzene rings is 3. The van der Waals surface area contributed by atoms with Crippen LogP contribution >= 0.6 is 0 Å². The van der Waals surface area contributed by atoms with Crippen LogP contribution in [0.3, 0.4) is 0 Å². The maximum absolute atomic E-state index is 13.0. The highest BCUT2D eigenvalue weighted by Crippen LogP contribution is 2.32. The summed E-state index contributed by atoms with van der Waals surface area (Å²) in [5.41, 5.74) is 2.58. The SMILES string of the molecule is COc1ccc(CC(=O)Nc2ccc3nc(Nc4cccc(C(F)(F)F)c4)cc(C)c3c2)cc1. The van der Waals surface area contributed by atoms with Crippen molar-refractivity contribution in [3.8, 4) is 5.75 Å². The molecule has 3 aromatic carbocycles. The molecule has 8 heteroatoms. The second-order valence-corrected chi connectivity index (χ2v) is 7.83. The Morgan fingerprint density at radius 3 is 2.44 bits per heavy atom. The average molecular weight is 465 g/mol. The molecule has 4 rings (SSSR count). The Labute approximate surface area is 194 Å². The number of carbonyl (C=O) groups is 1. The number of aromatic nitrogens is 1. The molecular weight excluding hydrogens is 443 g/mol. The molecule has 2 N–H and O–H groups in total. The van der Waals surface area contributed by atoms with Crippen molar-refractivity contribution >= 4 is 34.0 Å². The molecule has 5 nitrogen and oxygen atoms in total.